The van der Waals surface area contributed by atoms with Crippen molar-refractivity contribution in [3.63, 3.8) is 0 Å². The summed E-state index contributed by atoms with van der Waals surface area (Å²) in [4.78, 5) is 10.8. The van der Waals surface area contributed by atoms with E-state index >= 15 is 0 Å². The Morgan fingerprint density at radius 2 is 2.00 bits per heavy atom. The molecule has 0 aliphatic carbocycles. The topological polar surface area (TPSA) is 122 Å². The number of carbonyl (C=O) groups is 1. The highest BCUT2D eigenvalue weighted by Gasteiger charge is 2.53. The third-order valence-electron chi connectivity index (χ3n) is 2.50. The van der Waals surface area contributed by atoms with Crippen molar-refractivity contribution in [2.75, 3.05) is 7.11 Å². The van der Waals surface area contributed by atoms with Gasteiger partial charge in [0.15, 0.2) is 6.29 Å². The molecule has 0 aromatic heterocycles. The molecule has 1 rings (SSSR count). The maximum Gasteiger partial charge on any atom is 0.326 e. The lowest BCUT2D eigenvalue weighted by Gasteiger charge is -2.28. The summed E-state index contributed by atoms with van der Waals surface area (Å²) in [7, 11) is 1.28. The number of aliphatic hydroxyl groups excluding tert-OH is 2. The van der Waals surface area contributed by atoms with E-state index in [0.717, 1.165) is 0 Å². The first-order valence-corrected chi connectivity index (χ1v) is 4.39. The first-order chi connectivity index (χ1) is 6.82. The van der Waals surface area contributed by atoms with Crippen LogP contribution in [0.15, 0.2) is 0 Å². The van der Waals surface area contributed by atoms with Gasteiger partial charge in [-0.25, -0.2) is 0 Å². The fourth-order valence-electron chi connectivity index (χ4n) is 1.46. The molecule has 0 amide bonds. The predicted octanol–water partition coefficient (Wildman–Crippen LogP) is -2.12. The molecule has 1 aliphatic heterocycles. The van der Waals surface area contributed by atoms with Crippen LogP contribution in [0, 0.1) is 0 Å². The molecule has 15 heavy (non-hydrogen) atoms. The van der Waals surface area contributed by atoms with Crippen LogP contribution < -0.4 is 5.73 Å². The summed E-state index contributed by atoms with van der Waals surface area (Å²) in [5.74, 6) is -1.32. The second-order valence-electron chi connectivity index (χ2n) is 3.73. The number of hydrogen-bond acceptors (Lipinski definition) is 6. The van der Waals surface area contributed by atoms with E-state index < -0.39 is 36.1 Å². The van der Waals surface area contributed by atoms with E-state index in [2.05, 4.69) is 0 Å². The zero-order valence-electron chi connectivity index (χ0n) is 8.45. The van der Waals surface area contributed by atoms with Gasteiger partial charge in [-0.3, -0.25) is 4.79 Å². The van der Waals surface area contributed by atoms with Gasteiger partial charge in [-0.1, -0.05) is 0 Å². The minimum absolute atomic E-state index is 1.06. The van der Waals surface area contributed by atoms with Gasteiger partial charge >= 0.3 is 5.97 Å². The summed E-state index contributed by atoms with van der Waals surface area (Å²) >= 11 is 0. The molecule has 0 saturated carbocycles. The maximum atomic E-state index is 10.8. The minimum atomic E-state index is -1.78. The SMILES string of the molecule is CO[C@@H]1OC(C(C)(N)C(=O)O)C(O)C1O. The van der Waals surface area contributed by atoms with Gasteiger partial charge in [-0.05, 0) is 6.92 Å². The molecule has 1 aliphatic rings. The van der Waals surface area contributed by atoms with Crippen molar-refractivity contribution in [2.24, 2.45) is 5.73 Å². The van der Waals surface area contributed by atoms with Crippen LogP contribution in [0.5, 0.6) is 0 Å². The largest absolute Gasteiger partial charge is 0.480 e. The van der Waals surface area contributed by atoms with E-state index in [4.69, 9.17) is 20.3 Å². The first kappa shape index (κ1) is 12.3. The Labute approximate surface area is 86.4 Å². The Kier molecular flexibility index (Phi) is 3.31. The molecule has 5 atom stereocenters. The second kappa shape index (κ2) is 4.03. The number of rotatable bonds is 3. The Morgan fingerprint density at radius 3 is 2.33 bits per heavy atom. The van der Waals surface area contributed by atoms with E-state index in [1.54, 1.807) is 0 Å². The van der Waals surface area contributed by atoms with Crippen LogP contribution in [-0.2, 0) is 14.3 Å². The molecule has 0 bridgehead atoms. The number of methoxy groups -OCH3 is 1. The molecule has 4 unspecified atom stereocenters. The van der Waals surface area contributed by atoms with Crippen molar-refractivity contribution in [3.8, 4) is 0 Å². The highest BCUT2D eigenvalue weighted by molar-refractivity contribution is 5.79. The highest BCUT2D eigenvalue weighted by Crippen LogP contribution is 2.28. The van der Waals surface area contributed by atoms with Gasteiger partial charge in [0.2, 0.25) is 0 Å². The standard InChI is InChI=1S/C8H15NO6/c1-8(9,7(12)13)5-3(10)4(11)6(14-2)15-5/h3-6,10-11H,9H2,1-2H3,(H,12,13)/t3?,4?,5?,6-,8?/m1/s1. The van der Waals surface area contributed by atoms with Crippen LogP contribution in [0.25, 0.3) is 0 Å². The van der Waals surface area contributed by atoms with Crippen molar-refractivity contribution >= 4 is 5.97 Å². The highest BCUT2D eigenvalue weighted by atomic mass is 16.7. The van der Waals surface area contributed by atoms with Gasteiger partial charge in [0.05, 0.1) is 0 Å². The number of ether oxygens (including phenoxy) is 2. The Hall–Kier alpha value is -0.730. The van der Waals surface area contributed by atoms with Gasteiger partial charge in [0.25, 0.3) is 0 Å². The Morgan fingerprint density at radius 1 is 1.47 bits per heavy atom. The van der Waals surface area contributed by atoms with Crippen molar-refractivity contribution in [3.05, 3.63) is 0 Å². The molecular weight excluding hydrogens is 206 g/mol. The summed E-state index contributed by atoms with van der Waals surface area (Å²) in [6.45, 7) is 1.20. The molecular formula is C8H15NO6. The van der Waals surface area contributed by atoms with Crippen molar-refractivity contribution in [1.82, 2.24) is 0 Å². The van der Waals surface area contributed by atoms with E-state index in [-0.39, 0.29) is 0 Å². The van der Waals surface area contributed by atoms with Gasteiger partial charge in [0.1, 0.15) is 23.9 Å². The van der Waals surface area contributed by atoms with Crippen molar-refractivity contribution < 1.29 is 29.6 Å². The molecule has 7 heteroatoms. The Bertz CT molecular complexity index is 256. The fourth-order valence-corrected chi connectivity index (χ4v) is 1.46. The van der Waals surface area contributed by atoms with Crippen LogP contribution in [0.3, 0.4) is 0 Å². The Balaban J connectivity index is 2.86. The van der Waals surface area contributed by atoms with Gasteiger partial charge in [0, 0.05) is 7.11 Å². The number of aliphatic carboxylic acids is 1. The van der Waals surface area contributed by atoms with Crippen LogP contribution in [0.1, 0.15) is 6.92 Å². The third-order valence-corrected chi connectivity index (χ3v) is 2.50. The quantitative estimate of drug-likeness (QED) is 0.429. The van der Waals surface area contributed by atoms with E-state index in [9.17, 15) is 15.0 Å². The summed E-state index contributed by atoms with van der Waals surface area (Å²) < 4.78 is 9.75. The van der Waals surface area contributed by atoms with Gasteiger partial charge in [-0.2, -0.15) is 0 Å². The molecule has 1 saturated heterocycles. The van der Waals surface area contributed by atoms with Crippen LogP contribution in [0.4, 0.5) is 0 Å². The number of carboxylic acids is 1. The number of carboxylic acid groups (broad SMARTS) is 1. The first-order valence-electron chi connectivity index (χ1n) is 4.39. The van der Waals surface area contributed by atoms with E-state index in [0.29, 0.717) is 0 Å². The van der Waals surface area contributed by atoms with Crippen LogP contribution in [0.2, 0.25) is 0 Å². The maximum absolute atomic E-state index is 10.8. The van der Waals surface area contributed by atoms with E-state index in [1.807, 2.05) is 0 Å². The zero-order chi connectivity index (χ0) is 11.8. The molecule has 0 radical (unpaired) electrons. The molecule has 1 fully saturated rings. The molecule has 1 heterocycles. The van der Waals surface area contributed by atoms with Gasteiger partial charge in [-0.15, -0.1) is 0 Å². The lowest BCUT2D eigenvalue weighted by atomic mass is 9.91. The molecule has 88 valence electrons. The molecule has 0 aromatic carbocycles. The lowest BCUT2D eigenvalue weighted by molar-refractivity contribution is -0.169. The summed E-state index contributed by atoms with van der Waals surface area (Å²) in [5.41, 5.74) is 3.70. The minimum Gasteiger partial charge on any atom is -0.480 e. The van der Waals surface area contributed by atoms with Crippen molar-refractivity contribution in [1.29, 1.82) is 0 Å². The monoisotopic (exact) mass is 221 g/mol. The smallest absolute Gasteiger partial charge is 0.326 e. The molecule has 7 nitrogen and oxygen atoms in total. The molecule has 5 N–H and O–H groups in total. The van der Waals surface area contributed by atoms with E-state index in [1.165, 1.54) is 14.0 Å². The number of hydrogen-bond donors (Lipinski definition) is 4. The lowest BCUT2D eigenvalue weighted by Crippen LogP contribution is -2.59. The number of nitrogens with two attached hydrogens (primary N) is 1. The summed E-state index contributed by atoms with van der Waals surface area (Å²) in [6, 6.07) is 0. The van der Waals surface area contributed by atoms with Crippen molar-refractivity contribution in [2.45, 2.75) is 37.1 Å². The molecule has 0 spiro atoms. The van der Waals surface area contributed by atoms with Crippen LogP contribution in [-0.4, -0.2) is 58.5 Å². The third kappa shape index (κ3) is 1.97. The number of aliphatic hydroxyl groups is 2. The predicted molar refractivity (Wildman–Crippen MR) is 47.9 cm³/mol. The second-order valence-corrected chi connectivity index (χ2v) is 3.73. The fraction of sp³-hybridized carbons (Fsp3) is 0.875. The van der Waals surface area contributed by atoms with Gasteiger partial charge < -0.3 is 30.5 Å². The summed E-state index contributed by atoms with van der Waals surface area (Å²) in [6.07, 6.45) is -4.97. The van der Waals surface area contributed by atoms with Crippen LogP contribution >= 0.6 is 0 Å². The molecule has 0 aromatic rings. The normalized spacial score (nSPS) is 40.1. The summed E-state index contributed by atoms with van der Waals surface area (Å²) in [5, 5.41) is 27.8. The average molecular weight is 221 g/mol. The zero-order valence-corrected chi connectivity index (χ0v) is 8.45. The average Bonchev–Trinajstić information content (AvgIpc) is 2.44.